The van der Waals surface area contributed by atoms with E-state index in [0.717, 1.165) is 0 Å². The second kappa shape index (κ2) is 7.76. The zero-order valence-electron chi connectivity index (χ0n) is 14.5. The Morgan fingerprint density at radius 1 is 1.17 bits per heavy atom. The highest BCUT2D eigenvalue weighted by Crippen LogP contribution is 2.18. The van der Waals surface area contributed by atoms with Crippen LogP contribution < -0.4 is 5.32 Å². The van der Waals surface area contributed by atoms with Crippen LogP contribution >= 0.6 is 0 Å². The van der Waals surface area contributed by atoms with Crippen LogP contribution in [0.5, 0.6) is 0 Å². The van der Waals surface area contributed by atoms with E-state index in [1.807, 2.05) is 0 Å². The van der Waals surface area contributed by atoms with Gasteiger partial charge in [0.25, 0.3) is 5.91 Å². The molecule has 0 bridgehead atoms. The summed E-state index contributed by atoms with van der Waals surface area (Å²) in [4.78, 5) is 23.4. The van der Waals surface area contributed by atoms with Crippen LogP contribution in [-0.4, -0.2) is 48.8 Å². The lowest BCUT2D eigenvalue weighted by atomic mass is 10.0. The minimum atomic E-state index is -3.72. The van der Waals surface area contributed by atoms with Crippen LogP contribution in [0.4, 0.5) is 0 Å². The molecule has 24 heavy (non-hydrogen) atoms. The van der Waals surface area contributed by atoms with Crippen LogP contribution in [-0.2, 0) is 14.8 Å². The first-order valence-electron chi connectivity index (χ1n) is 7.60. The summed E-state index contributed by atoms with van der Waals surface area (Å²) in [5.41, 5.74) is 0.0973. The highest BCUT2D eigenvalue weighted by molar-refractivity contribution is 7.89. The van der Waals surface area contributed by atoms with Crippen molar-refractivity contribution < 1.29 is 23.1 Å². The minimum Gasteiger partial charge on any atom is -0.480 e. The van der Waals surface area contributed by atoms with Gasteiger partial charge in [-0.2, -0.15) is 4.31 Å². The van der Waals surface area contributed by atoms with Crippen LogP contribution in [0, 0.1) is 5.92 Å². The van der Waals surface area contributed by atoms with Crippen molar-refractivity contribution in [3.8, 4) is 0 Å². The molecule has 0 saturated carbocycles. The summed E-state index contributed by atoms with van der Waals surface area (Å²) in [7, 11) is -2.25. The van der Waals surface area contributed by atoms with E-state index >= 15 is 0 Å². The summed E-state index contributed by atoms with van der Waals surface area (Å²) >= 11 is 0. The van der Waals surface area contributed by atoms with Crippen LogP contribution in [0.3, 0.4) is 0 Å². The summed E-state index contributed by atoms with van der Waals surface area (Å²) in [6, 6.07) is 4.29. The normalized spacial score (nSPS) is 13.3. The van der Waals surface area contributed by atoms with Gasteiger partial charge in [0.05, 0.1) is 4.90 Å². The Balaban J connectivity index is 3.13. The Morgan fingerprint density at radius 2 is 1.75 bits per heavy atom. The maximum Gasteiger partial charge on any atom is 0.326 e. The van der Waals surface area contributed by atoms with Crippen molar-refractivity contribution in [2.75, 3.05) is 7.05 Å². The fraction of sp³-hybridized carbons (Fsp3) is 0.500. The first kappa shape index (κ1) is 20.1. The number of carboxylic acids is 1. The summed E-state index contributed by atoms with van der Waals surface area (Å²) in [6.07, 6.45) is 0. The molecule has 1 aromatic carbocycles. The van der Waals surface area contributed by atoms with Gasteiger partial charge in [-0.15, -0.1) is 0 Å². The number of carbonyl (C=O) groups is 2. The Hall–Kier alpha value is -1.93. The summed E-state index contributed by atoms with van der Waals surface area (Å²) < 4.78 is 26.2. The van der Waals surface area contributed by atoms with Crippen molar-refractivity contribution >= 4 is 21.9 Å². The van der Waals surface area contributed by atoms with Crippen LogP contribution in [0.15, 0.2) is 29.2 Å². The van der Waals surface area contributed by atoms with Crippen molar-refractivity contribution in [1.82, 2.24) is 9.62 Å². The van der Waals surface area contributed by atoms with Gasteiger partial charge in [0, 0.05) is 18.7 Å². The van der Waals surface area contributed by atoms with Crippen LogP contribution in [0.1, 0.15) is 38.1 Å². The molecule has 0 aliphatic rings. The van der Waals surface area contributed by atoms with E-state index in [0.29, 0.717) is 0 Å². The van der Waals surface area contributed by atoms with Crippen molar-refractivity contribution in [2.45, 2.75) is 44.7 Å². The van der Waals surface area contributed by atoms with Gasteiger partial charge in [0.2, 0.25) is 10.0 Å². The van der Waals surface area contributed by atoms with Crippen molar-refractivity contribution in [2.24, 2.45) is 5.92 Å². The molecule has 0 heterocycles. The van der Waals surface area contributed by atoms with Gasteiger partial charge in [0.1, 0.15) is 6.04 Å². The topological polar surface area (TPSA) is 104 Å². The number of nitrogens with zero attached hydrogens (tertiary/aromatic N) is 1. The molecule has 134 valence electrons. The number of aliphatic carboxylic acids is 1. The number of sulfonamides is 1. The van der Waals surface area contributed by atoms with Crippen molar-refractivity contribution in [1.29, 1.82) is 0 Å². The lowest BCUT2D eigenvalue weighted by molar-refractivity contribution is -0.140. The molecule has 2 N–H and O–H groups in total. The van der Waals surface area contributed by atoms with E-state index < -0.39 is 27.9 Å². The Labute approximate surface area is 142 Å². The molecular formula is C16H24N2O5S. The molecule has 0 aliphatic carbocycles. The Morgan fingerprint density at radius 3 is 2.21 bits per heavy atom. The van der Waals surface area contributed by atoms with Gasteiger partial charge in [0.15, 0.2) is 0 Å². The van der Waals surface area contributed by atoms with Gasteiger partial charge in [-0.1, -0.05) is 19.9 Å². The van der Waals surface area contributed by atoms with Crippen LogP contribution in [0.2, 0.25) is 0 Å². The number of nitrogens with one attached hydrogen (secondary N) is 1. The third-order valence-electron chi connectivity index (χ3n) is 3.72. The number of amides is 1. The van der Waals surface area contributed by atoms with Crippen LogP contribution in [0.25, 0.3) is 0 Å². The second-order valence-electron chi connectivity index (χ2n) is 6.18. The quantitative estimate of drug-likeness (QED) is 0.771. The third kappa shape index (κ3) is 4.55. The summed E-state index contributed by atoms with van der Waals surface area (Å²) in [5.74, 6) is -2.06. The fourth-order valence-electron chi connectivity index (χ4n) is 1.98. The molecule has 1 aromatic rings. The molecule has 0 fully saturated rings. The van der Waals surface area contributed by atoms with Gasteiger partial charge in [-0.25, -0.2) is 13.2 Å². The van der Waals surface area contributed by atoms with E-state index in [1.54, 1.807) is 27.7 Å². The van der Waals surface area contributed by atoms with Crippen molar-refractivity contribution in [3.63, 3.8) is 0 Å². The van der Waals surface area contributed by atoms with Gasteiger partial charge in [-0.3, -0.25) is 4.79 Å². The monoisotopic (exact) mass is 356 g/mol. The second-order valence-corrected chi connectivity index (χ2v) is 8.17. The molecule has 0 unspecified atom stereocenters. The lowest BCUT2D eigenvalue weighted by Gasteiger charge is -2.21. The SMILES string of the molecule is CC(C)[C@@H](NC(=O)c1cccc(S(=O)(=O)N(C)C(C)C)c1)C(=O)O. The smallest absolute Gasteiger partial charge is 0.326 e. The first-order valence-corrected chi connectivity index (χ1v) is 9.04. The Kier molecular flexibility index (Phi) is 6.50. The predicted octanol–water partition coefficient (Wildman–Crippen LogP) is 1.55. The maximum atomic E-state index is 12.5. The number of carbonyl (C=O) groups excluding carboxylic acids is 1. The van der Waals surface area contributed by atoms with Gasteiger partial charge >= 0.3 is 5.97 Å². The molecule has 0 radical (unpaired) electrons. The number of carboxylic acid groups (broad SMARTS) is 1. The number of hydrogen-bond acceptors (Lipinski definition) is 4. The lowest BCUT2D eigenvalue weighted by Crippen LogP contribution is -2.44. The average molecular weight is 356 g/mol. The molecule has 1 rings (SSSR count). The van der Waals surface area contributed by atoms with E-state index in [2.05, 4.69) is 5.32 Å². The molecule has 8 heteroatoms. The molecule has 0 spiro atoms. The minimum absolute atomic E-state index is 0.0113. The van der Waals surface area contributed by atoms with Gasteiger partial charge < -0.3 is 10.4 Å². The molecular weight excluding hydrogens is 332 g/mol. The van der Waals surface area contributed by atoms with E-state index in [4.69, 9.17) is 5.11 Å². The zero-order valence-corrected chi connectivity index (χ0v) is 15.3. The standard InChI is InChI=1S/C16H24N2O5S/c1-10(2)14(16(20)21)17-15(19)12-7-6-8-13(9-12)24(22,23)18(5)11(3)4/h6-11,14H,1-5H3,(H,17,19)(H,20,21)/t14-/m1/s1. The Bertz CT molecular complexity index is 713. The maximum absolute atomic E-state index is 12.5. The zero-order chi connectivity index (χ0) is 18.7. The molecule has 0 aliphatic heterocycles. The number of hydrogen-bond donors (Lipinski definition) is 2. The van der Waals surface area contributed by atoms with E-state index in [1.165, 1.54) is 35.6 Å². The average Bonchev–Trinajstić information content (AvgIpc) is 2.50. The van der Waals surface area contributed by atoms with E-state index in [9.17, 15) is 18.0 Å². The fourth-order valence-corrected chi connectivity index (χ4v) is 3.39. The highest BCUT2D eigenvalue weighted by Gasteiger charge is 2.26. The first-order chi connectivity index (χ1) is 11.0. The van der Waals surface area contributed by atoms with Gasteiger partial charge in [-0.05, 0) is 38.0 Å². The third-order valence-corrected chi connectivity index (χ3v) is 5.75. The molecule has 1 atom stereocenters. The molecule has 1 amide bonds. The number of rotatable bonds is 7. The molecule has 0 aromatic heterocycles. The van der Waals surface area contributed by atoms with E-state index in [-0.39, 0.29) is 22.4 Å². The summed E-state index contributed by atoms with van der Waals surface area (Å²) in [6.45, 7) is 6.84. The summed E-state index contributed by atoms with van der Waals surface area (Å²) in [5, 5.41) is 11.6. The molecule has 7 nitrogen and oxygen atoms in total. The highest BCUT2D eigenvalue weighted by atomic mass is 32.2. The predicted molar refractivity (Wildman–Crippen MR) is 90.3 cm³/mol. The largest absolute Gasteiger partial charge is 0.480 e. The van der Waals surface area contributed by atoms with Crippen molar-refractivity contribution in [3.05, 3.63) is 29.8 Å². The molecule has 0 saturated heterocycles. The number of benzene rings is 1.